The molecule has 0 aliphatic heterocycles. The van der Waals surface area contributed by atoms with Crippen molar-refractivity contribution in [1.29, 1.82) is 0 Å². The van der Waals surface area contributed by atoms with Crippen LogP contribution in [-0.4, -0.2) is 65.1 Å². The Bertz CT molecular complexity index is 1450. The third-order valence-electron chi connectivity index (χ3n) is 5.58. The topological polar surface area (TPSA) is 87.0 Å². The molecule has 3 amide bonds. The van der Waals surface area contributed by atoms with Crippen molar-refractivity contribution >= 4 is 29.1 Å². The highest BCUT2D eigenvalue weighted by Gasteiger charge is 2.16. The van der Waals surface area contributed by atoms with E-state index in [1.807, 2.05) is 53.1 Å². The Morgan fingerprint density at radius 1 is 0.800 bits per heavy atom. The average molecular weight is 470 g/mol. The number of anilines is 1. The lowest BCUT2D eigenvalue weighted by molar-refractivity contribution is -0.114. The molecule has 0 aliphatic rings. The van der Waals surface area contributed by atoms with E-state index in [2.05, 4.69) is 10.3 Å². The first-order chi connectivity index (χ1) is 16.7. The second-order valence-corrected chi connectivity index (χ2v) is 8.72. The number of carbonyl (C=O) groups excluding carboxylic acids is 3. The summed E-state index contributed by atoms with van der Waals surface area (Å²) in [4.78, 5) is 44.6. The number of hydrogen-bond acceptors (Lipinski definition) is 4. The lowest BCUT2D eigenvalue weighted by atomic mass is 10.0. The van der Waals surface area contributed by atoms with Gasteiger partial charge in [0.1, 0.15) is 0 Å². The molecule has 0 atom stereocenters. The summed E-state index contributed by atoms with van der Waals surface area (Å²) >= 11 is 0. The second kappa shape index (κ2) is 9.42. The maximum absolute atomic E-state index is 12.5. The van der Waals surface area contributed by atoms with E-state index >= 15 is 0 Å². The Morgan fingerprint density at radius 2 is 1.37 bits per heavy atom. The number of amides is 3. The zero-order chi connectivity index (χ0) is 25.3. The van der Waals surface area contributed by atoms with Gasteiger partial charge in [0.2, 0.25) is 5.91 Å². The first-order valence-electron chi connectivity index (χ1n) is 11.1. The standard InChI is InChI=1S/C27H27N5O3/c1-17(33)29-23-14-22(18-8-6-10-20(12-18)26(34)30(2)3)16-32-24(15-28-25(23)32)19-9-7-11-21(13-19)27(35)31(4)5/h6-16H,1-5H3,(H,29,33). The van der Waals surface area contributed by atoms with Crippen LogP contribution in [0.25, 0.3) is 28.0 Å². The second-order valence-electron chi connectivity index (χ2n) is 8.72. The zero-order valence-electron chi connectivity index (χ0n) is 20.4. The number of benzene rings is 2. The lowest BCUT2D eigenvalue weighted by Gasteiger charge is -2.14. The maximum Gasteiger partial charge on any atom is 0.253 e. The van der Waals surface area contributed by atoms with Crippen molar-refractivity contribution in [3.05, 3.63) is 78.1 Å². The molecule has 2 aromatic heterocycles. The van der Waals surface area contributed by atoms with Crippen LogP contribution in [0.15, 0.2) is 67.0 Å². The smallest absolute Gasteiger partial charge is 0.253 e. The summed E-state index contributed by atoms with van der Waals surface area (Å²) < 4.78 is 1.89. The Labute approximate surface area is 203 Å². The zero-order valence-corrected chi connectivity index (χ0v) is 20.4. The van der Waals surface area contributed by atoms with Gasteiger partial charge in [0.25, 0.3) is 11.8 Å². The number of aromatic nitrogens is 2. The first-order valence-corrected chi connectivity index (χ1v) is 11.1. The van der Waals surface area contributed by atoms with E-state index in [1.165, 1.54) is 16.7 Å². The van der Waals surface area contributed by atoms with Gasteiger partial charge in [0.05, 0.1) is 17.6 Å². The predicted octanol–water partition coefficient (Wildman–Crippen LogP) is 4.03. The molecule has 2 aromatic carbocycles. The van der Waals surface area contributed by atoms with Gasteiger partial charge in [0.15, 0.2) is 5.65 Å². The van der Waals surface area contributed by atoms with E-state index in [-0.39, 0.29) is 17.7 Å². The molecule has 0 aliphatic carbocycles. The lowest BCUT2D eigenvalue weighted by Crippen LogP contribution is -2.21. The summed E-state index contributed by atoms with van der Waals surface area (Å²) in [5.41, 5.74) is 5.45. The summed E-state index contributed by atoms with van der Waals surface area (Å²) in [6.45, 7) is 1.44. The van der Waals surface area contributed by atoms with E-state index in [1.54, 1.807) is 46.5 Å². The number of imidazole rings is 1. The van der Waals surface area contributed by atoms with Gasteiger partial charge in [-0.05, 0) is 35.9 Å². The van der Waals surface area contributed by atoms with Crippen LogP contribution in [0.5, 0.6) is 0 Å². The Kier molecular flexibility index (Phi) is 6.38. The minimum absolute atomic E-state index is 0.0948. The third kappa shape index (κ3) is 4.77. The van der Waals surface area contributed by atoms with E-state index in [4.69, 9.17) is 0 Å². The number of hydrogen-bond donors (Lipinski definition) is 1. The van der Waals surface area contributed by atoms with E-state index in [0.717, 1.165) is 22.4 Å². The van der Waals surface area contributed by atoms with Crippen LogP contribution < -0.4 is 5.32 Å². The monoisotopic (exact) mass is 469 g/mol. The third-order valence-corrected chi connectivity index (χ3v) is 5.58. The van der Waals surface area contributed by atoms with Crippen molar-refractivity contribution < 1.29 is 14.4 Å². The highest BCUT2D eigenvalue weighted by Crippen LogP contribution is 2.31. The van der Waals surface area contributed by atoms with Crippen LogP contribution in [-0.2, 0) is 4.79 Å². The SMILES string of the molecule is CC(=O)Nc1cc(-c2cccc(C(=O)N(C)C)c2)cn2c(-c3cccc(C(=O)N(C)C)c3)cnc12. The van der Waals surface area contributed by atoms with Gasteiger partial charge in [-0.25, -0.2) is 4.98 Å². The van der Waals surface area contributed by atoms with Crippen LogP contribution in [0.2, 0.25) is 0 Å². The Morgan fingerprint density at radius 3 is 1.94 bits per heavy atom. The van der Waals surface area contributed by atoms with Crippen molar-refractivity contribution in [2.45, 2.75) is 6.92 Å². The molecule has 4 aromatic rings. The number of nitrogens with zero attached hydrogens (tertiary/aromatic N) is 4. The number of fused-ring (bicyclic) bond motifs is 1. The highest BCUT2D eigenvalue weighted by molar-refractivity contribution is 5.97. The fourth-order valence-electron chi connectivity index (χ4n) is 3.90. The van der Waals surface area contributed by atoms with Gasteiger partial charge in [-0.15, -0.1) is 0 Å². The van der Waals surface area contributed by atoms with Gasteiger partial charge < -0.3 is 15.1 Å². The van der Waals surface area contributed by atoms with Crippen LogP contribution in [0.1, 0.15) is 27.6 Å². The molecule has 2 heterocycles. The Balaban J connectivity index is 1.90. The van der Waals surface area contributed by atoms with Crippen LogP contribution in [0, 0.1) is 0 Å². The van der Waals surface area contributed by atoms with Crippen LogP contribution in [0.4, 0.5) is 5.69 Å². The fourth-order valence-corrected chi connectivity index (χ4v) is 3.90. The average Bonchev–Trinajstić information content (AvgIpc) is 3.27. The predicted molar refractivity (Wildman–Crippen MR) is 136 cm³/mol. The molecule has 8 nitrogen and oxygen atoms in total. The molecular weight excluding hydrogens is 442 g/mol. The number of rotatable bonds is 5. The summed E-state index contributed by atoms with van der Waals surface area (Å²) in [6, 6.07) is 16.5. The molecule has 0 bridgehead atoms. The molecular formula is C27H27N5O3. The van der Waals surface area contributed by atoms with Gasteiger partial charge in [-0.3, -0.25) is 18.8 Å². The largest absolute Gasteiger partial charge is 0.345 e. The molecule has 0 unspecified atom stereocenters. The molecule has 35 heavy (non-hydrogen) atoms. The van der Waals surface area contributed by atoms with Crippen molar-refractivity contribution in [2.24, 2.45) is 0 Å². The molecule has 1 N–H and O–H groups in total. The van der Waals surface area contributed by atoms with Gasteiger partial charge >= 0.3 is 0 Å². The molecule has 0 spiro atoms. The van der Waals surface area contributed by atoms with E-state index in [9.17, 15) is 14.4 Å². The minimum Gasteiger partial charge on any atom is -0.345 e. The summed E-state index contributed by atoms with van der Waals surface area (Å²) in [6.07, 6.45) is 3.64. The first kappa shape index (κ1) is 23.7. The van der Waals surface area contributed by atoms with Gasteiger partial charge in [-0.2, -0.15) is 0 Å². The quantitative estimate of drug-likeness (QED) is 0.478. The van der Waals surface area contributed by atoms with Crippen molar-refractivity contribution in [2.75, 3.05) is 33.5 Å². The summed E-state index contributed by atoms with van der Waals surface area (Å²) in [5, 5.41) is 2.86. The fraction of sp³-hybridized carbons (Fsp3) is 0.185. The van der Waals surface area contributed by atoms with E-state index in [0.29, 0.717) is 22.5 Å². The minimum atomic E-state index is -0.219. The summed E-state index contributed by atoms with van der Waals surface area (Å²) in [5.74, 6) is -0.410. The summed E-state index contributed by atoms with van der Waals surface area (Å²) in [7, 11) is 6.85. The molecule has 0 fully saturated rings. The van der Waals surface area contributed by atoms with Crippen LogP contribution in [0.3, 0.4) is 0 Å². The van der Waals surface area contributed by atoms with Crippen molar-refractivity contribution in [1.82, 2.24) is 19.2 Å². The number of nitrogens with one attached hydrogen (secondary N) is 1. The van der Waals surface area contributed by atoms with E-state index < -0.39 is 0 Å². The maximum atomic E-state index is 12.5. The van der Waals surface area contributed by atoms with Crippen molar-refractivity contribution in [3.8, 4) is 22.4 Å². The van der Waals surface area contributed by atoms with Gasteiger partial charge in [-0.1, -0.05) is 24.3 Å². The number of carbonyl (C=O) groups is 3. The molecule has 178 valence electrons. The highest BCUT2D eigenvalue weighted by atomic mass is 16.2. The number of pyridine rings is 1. The van der Waals surface area contributed by atoms with Crippen LogP contribution >= 0.6 is 0 Å². The molecule has 0 radical (unpaired) electrons. The van der Waals surface area contributed by atoms with Crippen molar-refractivity contribution in [3.63, 3.8) is 0 Å². The molecule has 8 heteroatoms. The molecule has 0 saturated carbocycles. The van der Waals surface area contributed by atoms with Gasteiger partial charge in [0, 0.05) is 63.6 Å². The molecule has 0 saturated heterocycles. The molecule has 4 rings (SSSR count). The normalized spacial score (nSPS) is 10.8. The Hall–Kier alpha value is -4.46.